The number of hydrogen-bond donors (Lipinski definition) is 3. The van der Waals surface area contributed by atoms with Gasteiger partial charge in [0.15, 0.2) is 0 Å². The summed E-state index contributed by atoms with van der Waals surface area (Å²) >= 11 is 0. The third-order valence-corrected chi connectivity index (χ3v) is 3.66. The van der Waals surface area contributed by atoms with E-state index in [2.05, 4.69) is 20.9 Å². The number of amides is 2. The Kier molecular flexibility index (Phi) is 6.10. The zero-order valence-electron chi connectivity index (χ0n) is 13.4. The molecule has 0 spiro atoms. The van der Waals surface area contributed by atoms with Gasteiger partial charge in [-0.3, -0.25) is 0 Å². The Balaban J connectivity index is 1.83. The van der Waals surface area contributed by atoms with Crippen molar-refractivity contribution in [2.45, 2.75) is 38.8 Å². The lowest BCUT2D eigenvalue weighted by atomic mass is 10.1. The van der Waals surface area contributed by atoms with E-state index < -0.39 is 0 Å². The first-order chi connectivity index (χ1) is 11.1. The van der Waals surface area contributed by atoms with Gasteiger partial charge in [-0.05, 0) is 37.5 Å². The van der Waals surface area contributed by atoms with Gasteiger partial charge < -0.3 is 15.7 Å². The minimum atomic E-state index is -0.364. The smallest absolute Gasteiger partial charge is 0.315 e. The number of aromatic nitrogens is 3. The first-order valence-corrected chi connectivity index (χ1v) is 7.79. The Hall–Kier alpha value is -2.41. The van der Waals surface area contributed by atoms with E-state index in [0.29, 0.717) is 19.4 Å². The molecule has 0 aliphatic heterocycles. The molecule has 3 N–H and O–H groups in total. The largest absolute Gasteiger partial charge is 0.393 e. The van der Waals surface area contributed by atoms with Crippen LogP contribution in [0.2, 0.25) is 0 Å². The Labute approximate surface area is 135 Å². The van der Waals surface area contributed by atoms with Crippen molar-refractivity contribution in [1.29, 1.82) is 0 Å². The van der Waals surface area contributed by atoms with E-state index in [1.165, 1.54) is 0 Å². The summed E-state index contributed by atoms with van der Waals surface area (Å²) in [4.78, 5) is 11.8. The lowest BCUT2D eigenvalue weighted by molar-refractivity contribution is 0.160. The van der Waals surface area contributed by atoms with Gasteiger partial charge in [0.1, 0.15) is 0 Å². The number of carbonyl (C=O) groups is 1. The molecule has 2 unspecified atom stereocenters. The fraction of sp³-hybridized carbons (Fsp3) is 0.438. The minimum absolute atomic E-state index is 0.115. The summed E-state index contributed by atoms with van der Waals surface area (Å²) in [6.45, 7) is 4.29. The molecule has 7 nitrogen and oxygen atoms in total. The second-order valence-corrected chi connectivity index (χ2v) is 5.41. The van der Waals surface area contributed by atoms with Crippen LogP contribution >= 0.6 is 0 Å². The first-order valence-electron chi connectivity index (χ1n) is 7.79. The molecular formula is C16H23N5O2. The van der Waals surface area contributed by atoms with E-state index in [0.717, 1.165) is 11.3 Å². The summed E-state index contributed by atoms with van der Waals surface area (Å²) in [5.74, 6) is 0. The Morgan fingerprint density at radius 2 is 2.09 bits per heavy atom. The third-order valence-electron chi connectivity index (χ3n) is 3.66. The predicted octanol–water partition coefficient (Wildman–Crippen LogP) is 1.79. The van der Waals surface area contributed by atoms with E-state index >= 15 is 0 Å². The highest BCUT2D eigenvalue weighted by Gasteiger charge is 2.10. The molecule has 0 saturated heterocycles. The van der Waals surface area contributed by atoms with E-state index in [1.807, 2.05) is 38.1 Å². The molecule has 7 heteroatoms. The monoisotopic (exact) mass is 317 g/mol. The van der Waals surface area contributed by atoms with E-state index in [1.54, 1.807) is 17.1 Å². The number of hydrogen-bond acceptors (Lipinski definition) is 4. The molecule has 1 aromatic carbocycles. The van der Waals surface area contributed by atoms with E-state index in [-0.39, 0.29) is 18.2 Å². The van der Waals surface area contributed by atoms with Gasteiger partial charge in [-0.2, -0.15) is 0 Å². The number of carbonyl (C=O) groups excluding carboxylic acids is 1. The summed E-state index contributed by atoms with van der Waals surface area (Å²) < 4.78 is 1.67. The van der Waals surface area contributed by atoms with Crippen molar-refractivity contribution < 1.29 is 9.90 Å². The van der Waals surface area contributed by atoms with Crippen molar-refractivity contribution in [3.05, 3.63) is 42.2 Å². The van der Waals surface area contributed by atoms with Crippen LogP contribution in [0.15, 0.2) is 36.7 Å². The van der Waals surface area contributed by atoms with Gasteiger partial charge in [-0.15, -0.1) is 5.10 Å². The molecule has 2 aromatic rings. The zero-order valence-corrected chi connectivity index (χ0v) is 13.4. The van der Waals surface area contributed by atoms with Gasteiger partial charge in [-0.1, -0.05) is 24.3 Å². The maximum absolute atomic E-state index is 11.8. The summed E-state index contributed by atoms with van der Waals surface area (Å²) in [6, 6.07) is 7.40. The molecule has 2 amide bonds. The van der Waals surface area contributed by atoms with Crippen LogP contribution in [0.25, 0.3) is 5.69 Å². The van der Waals surface area contributed by atoms with Crippen molar-refractivity contribution >= 4 is 6.03 Å². The van der Waals surface area contributed by atoms with Crippen molar-refractivity contribution in [1.82, 2.24) is 25.6 Å². The van der Waals surface area contributed by atoms with Crippen LogP contribution in [-0.4, -0.2) is 38.8 Å². The van der Waals surface area contributed by atoms with Crippen LogP contribution in [-0.2, 0) is 0 Å². The average molecular weight is 317 g/mol. The van der Waals surface area contributed by atoms with Gasteiger partial charge in [0.2, 0.25) is 0 Å². The fourth-order valence-corrected chi connectivity index (χ4v) is 2.15. The molecule has 124 valence electrons. The van der Waals surface area contributed by atoms with Crippen molar-refractivity contribution in [3.8, 4) is 5.69 Å². The van der Waals surface area contributed by atoms with Crippen LogP contribution in [0.4, 0.5) is 4.79 Å². The predicted molar refractivity (Wildman–Crippen MR) is 87.2 cm³/mol. The highest BCUT2D eigenvalue weighted by Crippen LogP contribution is 2.15. The number of aliphatic hydroxyl groups is 1. The molecule has 0 radical (unpaired) electrons. The molecule has 1 heterocycles. The number of benzene rings is 1. The third kappa shape index (κ3) is 5.07. The van der Waals surface area contributed by atoms with Crippen LogP contribution in [0.3, 0.4) is 0 Å². The second-order valence-electron chi connectivity index (χ2n) is 5.41. The standard InChI is InChI=1S/C16H23N5O2/c1-3-15(22)8-9-17-16(23)19-12(2)13-4-6-14(7-5-13)21-11-10-18-20-21/h4-7,10-12,15,22H,3,8-9H2,1-2H3,(H2,17,19,23). The Morgan fingerprint density at radius 3 is 2.70 bits per heavy atom. The molecule has 2 atom stereocenters. The minimum Gasteiger partial charge on any atom is -0.393 e. The summed E-state index contributed by atoms with van der Waals surface area (Å²) in [5, 5.41) is 22.8. The SMILES string of the molecule is CCC(O)CCNC(=O)NC(C)c1ccc(-n2ccnn2)cc1. The summed E-state index contributed by atoms with van der Waals surface area (Å²) in [6.07, 6.45) is 4.28. The Bertz CT molecular complexity index is 597. The van der Waals surface area contributed by atoms with Crippen molar-refractivity contribution in [2.24, 2.45) is 0 Å². The average Bonchev–Trinajstić information content (AvgIpc) is 3.09. The molecule has 0 saturated carbocycles. The highest BCUT2D eigenvalue weighted by atomic mass is 16.3. The fourth-order valence-electron chi connectivity index (χ4n) is 2.15. The van der Waals surface area contributed by atoms with Crippen molar-refractivity contribution in [2.75, 3.05) is 6.54 Å². The number of urea groups is 1. The van der Waals surface area contributed by atoms with E-state index in [4.69, 9.17) is 0 Å². The van der Waals surface area contributed by atoms with E-state index in [9.17, 15) is 9.90 Å². The maximum Gasteiger partial charge on any atom is 0.315 e. The van der Waals surface area contributed by atoms with Gasteiger partial charge in [0.05, 0.1) is 30.2 Å². The van der Waals surface area contributed by atoms with Gasteiger partial charge in [-0.25, -0.2) is 9.48 Å². The second kappa shape index (κ2) is 8.28. The molecule has 0 aliphatic rings. The van der Waals surface area contributed by atoms with Gasteiger partial charge in [0, 0.05) is 6.54 Å². The zero-order chi connectivity index (χ0) is 16.7. The number of rotatable bonds is 7. The lowest BCUT2D eigenvalue weighted by Crippen LogP contribution is -2.38. The topological polar surface area (TPSA) is 92.1 Å². The van der Waals surface area contributed by atoms with Crippen LogP contribution < -0.4 is 10.6 Å². The van der Waals surface area contributed by atoms with Crippen LogP contribution in [0.5, 0.6) is 0 Å². The lowest BCUT2D eigenvalue weighted by Gasteiger charge is -2.16. The Morgan fingerprint density at radius 1 is 1.35 bits per heavy atom. The molecule has 2 rings (SSSR count). The molecule has 0 fully saturated rings. The summed E-state index contributed by atoms with van der Waals surface area (Å²) in [7, 11) is 0. The molecular weight excluding hydrogens is 294 g/mol. The van der Waals surface area contributed by atoms with Gasteiger partial charge in [0.25, 0.3) is 0 Å². The first kappa shape index (κ1) is 17.0. The highest BCUT2D eigenvalue weighted by molar-refractivity contribution is 5.74. The molecule has 0 bridgehead atoms. The summed E-state index contributed by atoms with van der Waals surface area (Å²) in [5.41, 5.74) is 1.91. The van der Waals surface area contributed by atoms with Crippen molar-refractivity contribution in [3.63, 3.8) is 0 Å². The number of nitrogens with one attached hydrogen (secondary N) is 2. The van der Waals surface area contributed by atoms with Crippen LogP contribution in [0.1, 0.15) is 38.3 Å². The molecule has 23 heavy (non-hydrogen) atoms. The van der Waals surface area contributed by atoms with Gasteiger partial charge >= 0.3 is 6.03 Å². The van der Waals surface area contributed by atoms with Crippen LogP contribution in [0, 0.1) is 0 Å². The molecule has 0 aliphatic carbocycles. The number of nitrogens with zero attached hydrogens (tertiary/aromatic N) is 3. The molecule has 1 aromatic heterocycles. The quantitative estimate of drug-likeness (QED) is 0.726. The normalized spacial score (nSPS) is 13.3. The maximum atomic E-state index is 11.8. The number of aliphatic hydroxyl groups excluding tert-OH is 1.